The number of anilines is 1. The van der Waals surface area contributed by atoms with Crippen LogP contribution in [0.1, 0.15) is 15.9 Å². The van der Waals surface area contributed by atoms with Gasteiger partial charge in [-0.2, -0.15) is 5.26 Å². The zero-order valence-corrected chi connectivity index (χ0v) is 15.4. The monoisotopic (exact) mass is 408 g/mol. The Morgan fingerprint density at radius 1 is 1.44 bits per heavy atom. The quantitative estimate of drug-likeness (QED) is 0.285. The molecule has 1 aromatic rings. The fourth-order valence-corrected chi connectivity index (χ4v) is 2.75. The minimum Gasteiger partial charge on any atom is -0.395 e. The van der Waals surface area contributed by atoms with E-state index in [2.05, 4.69) is 15.9 Å². The lowest BCUT2D eigenvalue weighted by Crippen LogP contribution is -2.31. The second kappa shape index (κ2) is 10.0. The molecule has 0 atom stereocenters. The summed E-state index contributed by atoms with van der Waals surface area (Å²) in [5.41, 5.74) is -0.0608. The standard InChI is InChI=1S/C15H18BBrN4O4/c1-19(6-7-22)15(23)12-9-13(20(4-2-16)5-3-17)11(10-18)8-14(12)21(24)25/h8-9,22H,2-7H2,1H3. The number of likely N-dealkylation sites (N-methyl/N-ethyl adjacent to an activating group) is 1. The Labute approximate surface area is 155 Å². The first-order valence-corrected chi connectivity index (χ1v) is 8.63. The van der Waals surface area contributed by atoms with Crippen LogP contribution in [-0.2, 0) is 0 Å². The summed E-state index contributed by atoms with van der Waals surface area (Å²) in [5, 5.41) is 30.3. The number of aliphatic hydroxyl groups is 1. The van der Waals surface area contributed by atoms with E-state index in [-0.39, 0.29) is 24.3 Å². The molecule has 0 fully saturated rings. The summed E-state index contributed by atoms with van der Waals surface area (Å²) in [7, 11) is 7.04. The van der Waals surface area contributed by atoms with Crippen LogP contribution in [0.4, 0.5) is 11.4 Å². The number of alkyl halides is 1. The Kier molecular flexibility index (Phi) is 8.38. The summed E-state index contributed by atoms with van der Waals surface area (Å²) in [6.45, 7) is 0.725. The fraction of sp³-hybridized carbons (Fsp3) is 0.467. The Hall–Kier alpha value is -2.12. The van der Waals surface area contributed by atoms with Crippen molar-refractivity contribution in [3.05, 3.63) is 33.4 Å². The first-order valence-electron chi connectivity index (χ1n) is 7.51. The number of hydrogen-bond donors (Lipinski definition) is 1. The molecule has 0 spiro atoms. The van der Waals surface area contributed by atoms with E-state index in [0.29, 0.717) is 30.4 Å². The molecular weight excluding hydrogens is 391 g/mol. The molecule has 0 aromatic heterocycles. The third-order valence-electron chi connectivity index (χ3n) is 3.54. The molecule has 0 aliphatic carbocycles. The molecule has 0 aliphatic heterocycles. The molecule has 1 rings (SSSR count). The number of hydrogen-bond acceptors (Lipinski definition) is 6. The van der Waals surface area contributed by atoms with E-state index in [4.69, 9.17) is 13.0 Å². The zero-order valence-electron chi connectivity index (χ0n) is 13.8. The Balaban J connectivity index is 3.53. The number of halogens is 1. The van der Waals surface area contributed by atoms with Gasteiger partial charge in [0.1, 0.15) is 11.6 Å². The second-order valence-corrected chi connectivity index (χ2v) is 5.96. The maximum atomic E-state index is 12.5. The van der Waals surface area contributed by atoms with Gasteiger partial charge < -0.3 is 14.9 Å². The van der Waals surface area contributed by atoms with Gasteiger partial charge in [0.25, 0.3) is 11.6 Å². The molecule has 10 heteroatoms. The molecule has 8 nitrogen and oxygen atoms in total. The van der Waals surface area contributed by atoms with E-state index >= 15 is 0 Å². The average molecular weight is 409 g/mol. The van der Waals surface area contributed by atoms with E-state index in [9.17, 15) is 20.2 Å². The van der Waals surface area contributed by atoms with Gasteiger partial charge in [0.15, 0.2) is 0 Å². The molecule has 0 heterocycles. The van der Waals surface area contributed by atoms with Crippen LogP contribution >= 0.6 is 15.9 Å². The number of carbonyl (C=O) groups excluding carboxylic acids is 1. The SMILES string of the molecule is [B]CCN(CCBr)c1cc(C(=O)N(C)CCO)c([N+](=O)[O-])cc1C#N. The highest BCUT2D eigenvalue weighted by molar-refractivity contribution is 9.09. The van der Waals surface area contributed by atoms with Gasteiger partial charge in [-0.1, -0.05) is 22.3 Å². The van der Waals surface area contributed by atoms with Crippen molar-refractivity contribution < 1.29 is 14.8 Å². The van der Waals surface area contributed by atoms with E-state index in [1.807, 2.05) is 6.07 Å². The van der Waals surface area contributed by atoms with Crippen molar-refractivity contribution in [3.63, 3.8) is 0 Å². The number of nitro benzene ring substituents is 1. The first-order chi connectivity index (χ1) is 11.9. The van der Waals surface area contributed by atoms with E-state index in [1.165, 1.54) is 18.0 Å². The lowest BCUT2D eigenvalue weighted by Gasteiger charge is -2.25. The summed E-state index contributed by atoms with van der Waals surface area (Å²) in [5.74, 6) is -0.599. The molecule has 1 aromatic carbocycles. The Morgan fingerprint density at radius 3 is 2.60 bits per heavy atom. The van der Waals surface area contributed by atoms with Gasteiger partial charge in [-0.25, -0.2) is 0 Å². The number of aliphatic hydroxyl groups excluding tert-OH is 1. The van der Waals surface area contributed by atoms with Crippen LogP contribution in [0.5, 0.6) is 0 Å². The van der Waals surface area contributed by atoms with Crippen molar-refractivity contribution in [1.82, 2.24) is 4.90 Å². The summed E-state index contributed by atoms with van der Waals surface area (Å²) >= 11 is 3.32. The van der Waals surface area contributed by atoms with E-state index in [1.54, 1.807) is 4.90 Å². The number of rotatable bonds is 9. The zero-order chi connectivity index (χ0) is 19.0. The molecule has 1 N–H and O–H groups in total. The minimum atomic E-state index is -0.692. The van der Waals surface area contributed by atoms with Crippen molar-refractivity contribution in [2.24, 2.45) is 0 Å². The number of benzene rings is 1. The number of nitriles is 1. The molecule has 1 amide bonds. The third kappa shape index (κ3) is 5.18. The summed E-state index contributed by atoms with van der Waals surface area (Å²) < 4.78 is 0. The highest BCUT2D eigenvalue weighted by atomic mass is 79.9. The lowest BCUT2D eigenvalue weighted by molar-refractivity contribution is -0.385. The molecule has 132 valence electrons. The largest absolute Gasteiger partial charge is 0.395 e. The van der Waals surface area contributed by atoms with E-state index < -0.39 is 16.5 Å². The van der Waals surface area contributed by atoms with Crippen molar-refractivity contribution in [1.29, 1.82) is 5.26 Å². The van der Waals surface area contributed by atoms with Gasteiger partial charge in [-0.05, 0) is 6.07 Å². The van der Waals surface area contributed by atoms with Gasteiger partial charge in [0, 0.05) is 38.1 Å². The molecule has 0 aliphatic rings. The van der Waals surface area contributed by atoms with Crippen molar-refractivity contribution in [2.75, 3.05) is 43.5 Å². The van der Waals surface area contributed by atoms with Crippen molar-refractivity contribution in [3.8, 4) is 6.07 Å². The Morgan fingerprint density at radius 2 is 2.12 bits per heavy atom. The summed E-state index contributed by atoms with van der Waals surface area (Å²) in [4.78, 5) is 26.2. The summed E-state index contributed by atoms with van der Waals surface area (Å²) in [6.07, 6.45) is 0.322. The van der Waals surface area contributed by atoms with Crippen LogP contribution in [0.3, 0.4) is 0 Å². The van der Waals surface area contributed by atoms with Crippen molar-refractivity contribution >= 4 is 41.1 Å². The van der Waals surface area contributed by atoms with Crippen molar-refractivity contribution in [2.45, 2.75) is 6.32 Å². The fourth-order valence-electron chi connectivity index (χ4n) is 2.32. The smallest absolute Gasteiger partial charge is 0.283 e. The highest BCUT2D eigenvalue weighted by Crippen LogP contribution is 2.30. The summed E-state index contributed by atoms with van der Waals surface area (Å²) in [6, 6.07) is 4.40. The topological polar surface area (TPSA) is 111 Å². The maximum Gasteiger partial charge on any atom is 0.283 e. The first kappa shape index (κ1) is 20.9. The molecular formula is C15H18BBrN4O4. The number of amides is 1. The van der Waals surface area contributed by atoms with Gasteiger partial charge in [0.2, 0.25) is 0 Å². The molecule has 0 unspecified atom stereocenters. The normalized spacial score (nSPS) is 10.2. The highest BCUT2D eigenvalue weighted by Gasteiger charge is 2.27. The van der Waals surface area contributed by atoms with Crippen LogP contribution in [-0.4, -0.2) is 67.3 Å². The van der Waals surface area contributed by atoms with Crippen LogP contribution in [0.2, 0.25) is 6.32 Å². The second-order valence-electron chi connectivity index (χ2n) is 5.17. The predicted octanol–water partition coefficient (Wildman–Crippen LogP) is 1.32. The van der Waals surface area contributed by atoms with Gasteiger partial charge in [-0.15, -0.1) is 0 Å². The molecule has 0 saturated heterocycles. The van der Waals surface area contributed by atoms with Gasteiger partial charge in [-0.3, -0.25) is 14.9 Å². The van der Waals surface area contributed by atoms with Crippen LogP contribution in [0.25, 0.3) is 0 Å². The molecule has 0 saturated carbocycles. The lowest BCUT2D eigenvalue weighted by atomic mass is 10.0. The minimum absolute atomic E-state index is 0.0409. The van der Waals surface area contributed by atoms with Gasteiger partial charge >= 0.3 is 0 Å². The van der Waals surface area contributed by atoms with Crippen LogP contribution in [0, 0.1) is 21.4 Å². The number of nitrogens with zero attached hydrogens (tertiary/aromatic N) is 4. The number of nitro groups is 1. The average Bonchev–Trinajstić information content (AvgIpc) is 2.59. The van der Waals surface area contributed by atoms with E-state index in [0.717, 1.165) is 6.07 Å². The number of carbonyl (C=O) groups is 1. The third-order valence-corrected chi connectivity index (χ3v) is 3.89. The Bertz CT molecular complexity index is 674. The van der Waals surface area contributed by atoms with Crippen LogP contribution in [0.15, 0.2) is 12.1 Å². The molecule has 25 heavy (non-hydrogen) atoms. The van der Waals surface area contributed by atoms with Crippen LogP contribution < -0.4 is 4.90 Å². The molecule has 2 radical (unpaired) electrons. The maximum absolute atomic E-state index is 12.5. The molecule has 0 bridgehead atoms. The predicted molar refractivity (Wildman–Crippen MR) is 98.4 cm³/mol. The van der Waals surface area contributed by atoms with Gasteiger partial charge in [0.05, 0.1) is 30.6 Å².